The summed E-state index contributed by atoms with van der Waals surface area (Å²) >= 11 is 5.93. The van der Waals surface area contributed by atoms with Gasteiger partial charge in [0.2, 0.25) is 5.82 Å². The number of nitrogens with zero attached hydrogens (tertiary/aromatic N) is 4. The molecule has 12 heteroatoms. The summed E-state index contributed by atoms with van der Waals surface area (Å²) in [5.74, 6) is -10.8. The Labute approximate surface area is 165 Å². The summed E-state index contributed by atoms with van der Waals surface area (Å²) in [6.45, 7) is 2.23. The smallest absolute Gasteiger partial charge is 0.275 e. The molecular formula is C17H13ClF5N5O. The van der Waals surface area contributed by atoms with Crippen LogP contribution in [0.3, 0.4) is 0 Å². The monoisotopic (exact) mass is 433 g/mol. The van der Waals surface area contributed by atoms with E-state index in [-0.39, 0.29) is 27.8 Å². The third-order valence-corrected chi connectivity index (χ3v) is 4.61. The molecule has 0 aliphatic heterocycles. The molecule has 0 saturated carbocycles. The summed E-state index contributed by atoms with van der Waals surface area (Å²) in [7, 11) is 1.51. The van der Waals surface area contributed by atoms with Crippen LogP contribution in [0.25, 0.3) is 0 Å². The number of anilines is 1. The first-order chi connectivity index (χ1) is 13.5. The summed E-state index contributed by atoms with van der Waals surface area (Å²) < 4.78 is 70.3. The molecule has 0 atom stereocenters. The third kappa shape index (κ3) is 3.46. The molecule has 1 amide bonds. The summed E-state index contributed by atoms with van der Waals surface area (Å²) in [4.78, 5) is 12.5. The number of benzene rings is 1. The molecule has 1 N–H and O–H groups in total. The molecule has 0 aliphatic carbocycles. The van der Waals surface area contributed by atoms with Gasteiger partial charge in [-0.15, -0.1) is 0 Å². The fourth-order valence-electron chi connectivity index (χ4n) is 2.81. The number of amides is 1. The fraction of sp³-hybridized carbons (Fsp3) is 0.235. The Kier molecular flexibility index (Phi) is 5.35. The predicted molar refractivity (Wildman–Crippen MR) is 93.2 cm³/mol. The van der Waals surface area contributed by atoms with Gasteiger partial charge >= 0.3 is 0 Å². The Hall–Kier alpha value is -2.95. The first kappa shape index (κ1) is 20.8. The van der Waals surface area contributed by atoms with E-state index < -0.39 is 47.1 Å². The molecule has 0 bridgehead atoms. The lowest BCUT2D eigenvalue weighted by Crippen LogP contribution is -2.18. The van der Waals surface area contributed by atoms with Gasteiger partial charge in [0.05, 0.1) is 40.4 Å². The van der Waals surface area contributed by atoms with Crippen LogP contribution in [-0.4, -0.2) is 25.5 Å². The molecule has 1 aromatic carbocycles. The van der Waals surface area contributed by atoms with Crippen molar-refractivity contribution in [2.45, 2.75) is 20.4 Å². The van der Waals surface area contributed by atoms with Crippen molar-refractivity contribution >= 4 is 23.2 Å². The highest BCUT2D eigenvalue weighted by Crippen LogP contribution is 2.27. The van der Waals surface area contributed by atoms with Crippen LogP contribution in [0.2, 0.25) is 5.02 Å². The first-order valence-corrected chi connectivity index (χ1v) is 8.45. The summed E-state index contributed by atoms with van der Waals surface area (Å²) in [5.41, 5.74) is -0.273. The van der Waals surface area contributed by atoms with E-state index in [2.05, 4.69) is 15.5 Å². The topological polar surface area (TPSA) is 64.7 Å². The Balaban J connectivity index is 1.97. The van der Waals surface area contributed by atoms with Crippen LogP contribution in [-0.2, 0) is 13.6 Å². The van der Waals surface area contributed by atoms with Crippen molar-refractivity contribution in [2.75, 3.05) is 5.32 Å². The quantitative estimate of drug-likeness (QED) is 0.386. The van der Waals surface area contributed by atoms with Gasteiger partial charge in [0, 0.05) is 7.05 Å². The van der Waals surface area contributed by atoms with Gasteiger partial charge in [0.15, 0.2) is 23.3 Å². The summed E-state index contributed by atoms with van der Waals surface area (Å²) in [5, 5.41) is 10.5. The molecule has 2 aromatic heterocycles. The molecule has 2 heterocycles. The second kappa shape index (κ2) is 7.47. The highest BCUT2D eigenvalue weighted by Gasteiger charge is 2.27. The molecular weight excluding hydrogens is 421 g/mol. The standard InChI is InChI=1S/C17H13ClF5N5O/c1-6-15(25-17(29)16-9(18)4-24-27(16)3)7(2)28(26-6)5-8-10(19)12(21)14(23)13(22)11(8)20/h4H,5H2,1-3H3,(H,25,29). The van der Waals surface area contributed by atoms with Crippen LogP contribution in [0.4, 0.5) is 27.6 Å². The molecule has 0 radical (unpaired) electrons. The van der Waals surface area contributed by atoms with E-state index in [0.29, 0.717) is 0 Å². The van der Waals surface area contributed by atoms with Crippen molar-refractivity contribution in [3.05, 3.63) is 63.0 Å². The number of aryl methyl sites for hydroxylation is 2. The number of aromatic nitrogens is 4. The van der Waals surface area contributed by atoms with Crippen molar-refractivity contribution in [3.63, 3.8) is 0 Å². The number of hydrogen-bond donors (Lipinski definition) is 1. The first-order valence-electron chi connectivity index (χ1n) is 8.07. The Morgan fingerprint density at radius 1 is 1.07 bits per heavy atom. The van der Waals surface area contributed by atoms with Crippen LogP contribution < -0.4 is 5.32 Å². The summed E-state index contributed by atoms with van der Waals surface area (Å²) in [6.07, 6.45) is 1.28. The van der Waals surface area contributed by atoms with Gasteiger partial charge in [-0.05, 0) is 13.8 Å². The zero-order chi connectivity index (χ0) is 21.6. The maximum absolute atomic E-state index is 14.0. The van der Waals surface area contributed by atoms with E-state index in [1.54, 1.807) is 0 Å². The Morgan fingerprint density at radius 2 is 1.62 bits per heavy atom. The van der Waals surface area contributed by atoms with Crippen molar-refractivity contribution in [2.24, 2.45) is 7.05 Å². The van der Waals surface area contributed by atoms with Gasteiger partial charge in [-0.3, -0.25) is 14.2 Å². The van der Waals surface area contributed by atoms with Crippen molar-refractivity contribution < 1.29 is 26.7 Å². The number of carbonyl (C=O) groups is 1. The molecule has 0 aliphatic rings. The molecule has 29 heavy (non-hydrogen) atoms. The highest BCUT2D eigenvalue weighted by molar-refractivity contribution is 6.34. The van der Waals surface area contributed by atoms with Crippen molar-refractivity contribution in [1.29, 1.82) is 0 Å². The minimum atomic E-state index is -2.24. The average Bonchev–Trinajstić information content (AvgIpc) is 3.14. The van der Waals surface area contributed by atoms with Gasteiger partial charge in [-0.25, -0.2) is 22.0 Å². The van der Waals surface area contributed by atoms with Gasteiger partial charge in [0.25, 0.3) is 5.91 Å². The van der Waals surface area contributed by atoms with E-state index in [1.165, 1.54) is 31.8 Å². The highest BCUT2D eigenvalue weighted by atomic mass is 35.5. The maximum atomic E-state index is 14.0. The summed E-state index contributed by atoms with van der Waals surface area (Å²) in [6, 6.07) is 0. The lowest BCUT2D eigenvalue weighted by Gasteiger charge is -2.10. The van der Waals surface area contributed by atoms with Crippen LogP contribution >= 0.6 is 11.6 Å². The normalized spacial score (nSPS) is 11.2. The van der Waals surface area contributed by atoms with Crippen molar-refractivity contribution in [1.82, 2.24) is 19.6 Å². The number of hydrogen-bond acceptors (Lipinski definition) is 3. The fourth-order valence-corrected chi connectivity index (χ4v) is 3.06. The lowest BCUT2D eigenvalue weighted by molar-refractivity contribution is 0.101. The zero-order valence-corrected chi connectivity index (χ0v) is 16.0. The molecule has 0 fully saturated rings. The van der Waals surface area contributed by atoms with Gasteiger partial charge in [-0.2, -0.15) is 10.2 Å². The largest absolute Gasteiger partial charge is 0.317 e. The van der Waals surface area contributed by atoms with Crippen LogP contribution in [0.15, 0.2) is 6.20 Å². The van der Waals surface area contributed by atoms with Gasteiger partial charge in [-0.1, -0.05) is 11.6 Å². The SMILES string of the molecule is Cc1nn(Cc2c(F)c(F)c(F)c(F)c2F)c(C)c1NC(=O)c1c(Cl)cnn1C. The molecule has 0 spiro atoms. The van der Waals surface area contributed by atoms with E-state index in [1.807, 2.05) is 0 Å². The Morgan fingerprint density at radius 3 is 2.14 bits per heavy atom. The van der Waals surface area contributed by atoms with E-state index >= 15 is 0 Å². The third-order valence-electron chi connectivity index (χ3n) is 4.34. The lowest BCUT2D eigenvalue weighted by atomic mass is 10.1. The molecule has 3 rings (SSSR count). The predicted octanol–water partition coefficient (Wildman–Crippen LogP) is 3.88. The van der Waals surface area contributed by atoms with Crippen LogP contribution in [0.1, 0.15) is 27.4 Å². The minimum Gasteiger partial charge on any atom is -0.317 e. The Bertz CT molecular complexity index is 1090. The van der Waals surface area contributed by atoms with E-state index in [0.717, 1.165) is 4.68 Å². The number of nitrogens with one attached hydrogen (secondary N) is 1. The minimum absolute atomic E-state index is 0.0676. The van der Waals surface area contributed by atoms with Gasteiger partial charge in [0.1, 0.15) is 5.69 Å². The second-order valence-corrected chi connectivity index (χ2v) is 6.58. The average molecular weight is 434 g/mol. The zero-order valence-electron chi connectivity index (χ0n) is 15.2. The van der Waals surface area contributed by atoms with Crippen LogP contribution in [0.5, 0.6) is 0 Å². The maximum Gasteiger partial charge on any atom is 0.275 e. The van der Waals surface area contributed by atoms with Crippen LogP contribution in [0, 0.1) is 42.9 Å². The molecule has 0 saturated heterocycles. The molecule has 0 unspecified atom stereocenters. The molecule has 3 aromatic rings. The number of halogens is 6. The molecule has 154 valence electrons. The van der Waals surface area contributed by atoms with Gasteiger partial charge < -0.3 is 5.32 Å². The number of rotatable bonds is 4. The number of carbonyl (C=O) groups excluding carboxylic acids is 1. The van der Waals surface area contributed by atoms with E-state index in [9.17, 15) is 26.7 Å². The van der Waals surface area contributed by atoms with E-state index in [4.69, 9.17) is 11.6 Å². The molecule has 6 nitrogen and oxygen atoms in total. The van der Waals surface area contributed by atoms with Crippen molar-refractivity contribution in [3.8, 4) is 0 Å². The second-order valence-electron chi connectivity index (χ2n) is 6.17.